The van der Waals surface area contributed by atoms with E-state index in [1.807, 2.05) is 0 Å². The zero-order chi connectivity index (χ0) is 8.20. The first-order valence-corrected chi connectivity index (χ1v) is 11.0. The Morgan fingerprint density at radius 1 is 1.60 bits per heavy atom. The molecule has 2 unspecified atom stereocenters. The Kier molecular flexibility index (Phi) is 5.81. The van der Waals surface area contributed by atoms with Crippen LogP contribution in [0.1, 0.15) is 13.3 Å². The van der Waals surface area contributed by atoms with Gasteiger partial charge in [0, 0.05) is 0 Å². The molecule has 0 heterocycles. The van der Waals surface area contributed by atoms with Gasteiger partial charge in [0.1, 0.15) is 0 Å². The van der Waals surface area contributed by atoms with Gasteiger partial charge in [0.25, 0.3) is 0 Å². The second-order valence-electron chi connectivity index (χ2n) is 2.40. The first-order valence-electron chi connectivity index (χ1n) is 3.30. The van der Waals surface area contributed by atoms with E-state index in [-0.39, 0.29) is 0 Å². The fraction of sp³-hybridized carbons (Fsp3) is 1.00. The summed E-state index contributed by atoms with van der Waals surface area (Å²) >= 11 is 0.423. The van der Waals surface area contributed by atoms with Crippen molar-refractivity contribution in [2.45, 2.75) is 17.4 Å². The monoisotopic (exact) mass is 371 g/mol. The van der Waals surface area contributed by atoms with Gasteiger partial charge in [0.05, 0.1) is 0 Å². The topological polar surface area (TPSA) is 52.0 Å². The van der Waals surface area contributed by atoms with E-state index in [9.17, 15) is 0 Å². The van der Waals surface area contributed by atoms with Crippen LogP contribution in [0.3, 0.4) is 0 Å². The molecular weight excluding hydrogens is 354 g/mol. The molecule has 0 bridgehead atoms. The Hall–Kier alpha value is 1.38. The van der Waals surface area contributed by atoms with Gasteiger partial charge >= 0.3 is 82.2 Å². The summed E-state index contributed by atoms with van der Waals surface area (Å²) in [6.45, 7) is 2.16. The van der Waals surface area contributed by atoms with Crippen LogP contribution in [0.25, 0.3) is 0 Å². The van der Waals surface area contributed by atoms with Gasteiger partial charge in [-0.05, 0) is 0 Å². The molecule has 2 nitrogen and oxygen atoms in total. The Balaban J connectivity index is 3.78. The van der Waals surface area contributed by atoms with Gasteiger partial charge in [0.15, 0.2) is 0 Å². The van der Waals surface area contributed by atoms with Gasteiger partial charge < -0.3 is 0 Å². The summed E-state index contributed by atoms with van der Waals surface area (Å²) in [7, 11) is 0. The van der Waals surface area contributed by atoms with E-state index in [4.69, 9.17) is 9.68 Å². The molecule has 0 spiro atoms. The van der Waals surface area contributed by atoms with Crippen molar-refractivity contribution >= 4 is 22.6 Å². The molecule has 0 aromatic heterocycles. The molecule has 0 saturated heterocycles. The van der Waals surface area contributed by atoms with Gasteiger partial charge in [-0.2, -0.15) is 0 Å². The number of rotatable bonds is 4. The van der Waals surface area contributed by atoms with E-state index in [1.54, 1.807) is 0 Å². The van der Waals surface area contributed by atoms with Crippen molar-refractivity contribution in [2.75, 3.05) is 13.8 Å². The van der Waals surface area contributed by atoms with Crippen LogP contribution in [0.15, 0.2) is 0 Å². The van der Waals surface area contributed by atoms with Crippen LogP contribution < -0.4 is 28.4 Å². The molecule has 4 N–H and O–H groups in total. The SMILES string of the molecule is CC[I-](C)(N)C(N)CCI. The Labute approximate surface area is 81.5 Å². The number of halogens is 2. The molecule has 4 heteroatoms. The molecule has 10 heavy (non-hydrogen) atoms. The third-order valence-corrected chi connectivity index (χ3v) is 9.79. The average Bonchev–Trinajstić information content (AvgIpc) is 1.89. The summed E-state index contributed by atoms with van der Waals surface area (Å²) in [5.74, 6) is 0. The predicted molar refractivity (Wildman–Crippen MR) is 52.1 cm³/mol. The van der Waals surface area contributed by atoms with Gasteiger partial charge in [-0.1, -0.05) is 0 Å². The maximum atomic E-state index is 6.10. The molecule has 0 aliphatic carbocycles. The zero-order valence-corrected chi connectivity index (χ0v) is 10.9. The average molecular weight is 371 g/mol. The van der Waals surface area contributed by atoms with Gasteiger partial charge in [0.2, 0.25) is 0 Å². The standard InChI is InChI=1S/C6H17I2N2/c1-3-8(2,10)6(9)4-5-7/h6H,3-5,9-10H2,1-2H3/q-1. The summed E-state index contributed by atoms with van der Waals surface area (Å²) < 4.78 is 8.69. The van der Waals surface area contributed by atoms with Crippen molar-refractivity contribution < 1.29 is 18.7 Å². The van der Waals surface area contributed by atoms with Crippen molar-refractivity contribution in [1.82, 2.24) is 0 Å². The molecule has 0 fully saturated rings. The minimum absolute atomic E-state index is 0.328. The predicted octanol–water partition coefficient (Wildman–Crippen LogP) is -2.22. The third kappa shape index (κ3) is 3.68. The van der Waals surface area contributed by atoms with Crippen LogP contribution in [0, 0.1) is 0 Å². The quantitative estimate of drug-likeness (QED) is 0.255. The fourth-order valence-corrected chi connectivity index (χ4v) is 5.28. The molecule has 0 rings (SSSR count). The molecule has 2 atom stereocenters. The Bertz CT molecular complexity index is 95.7. The number of hydrogen-bond donors (Lipinski definition) is 2. The first kappa shape index (κ1) is 11.4. The summed E-state index contributed by atoms with van der Waals surface area (Å²) in [6.07, 6.45) is 1.10. The van der Waals surface area contributed by atoms with Gasteiger partial charge in [-0.25, -0.2) is 0 Å². The van der Waals surface area contributed by atoms with Gasteiger partial charge in [-0.15, -0.1) is 0 Å². The molecule has 0 saturated carbocycles. The molecule has 0 radical (unpaired) electrons. The van der Waals surface area contributed by atoms with Crippen molar-refractivity contribution in [3.05, 3.63) is 0 Å². The first-order chi connectivity index (χ1) is 4.54. The molecule has 0 aliphatic rings. The number of nitrogens with two attached hydrogens (primary N) is 2. The van der Waals surface area contributed by atoms with E-state index in [0.717, 1.165) is 15.3 Å². The summed E-state index contributed by atoms with van der Waals surface area (Å²) in [4.78, 5) is 2.20. The molecule has 0 amide bonds. The third-order valence-electron chi connectivity index (χ3n) is 1.60. The normalized spacial score (nSPS) is 23.3. The van der Waals surface area contributed by atoms with Crippen LogP contribution in [0.5, 0.6) is 0 Å². The van der Waals surface area contributed by atoms with Crippen molar-refractivity contribution in [3.63, 3.8) is 0 Å². The van der Waals surface area contributed by atoms with Gasteiger partial charge in [-0.3, -0.25) is 0 Å². The van der Waals surface area contributed by atoms with Crippen molar-refractivity contribution in [1.29, 1.82) is 0 Å². The van der Waals surface area contributed by atoms with Crippen LogP contribution in [-0.2, 0) is 0 Å². The van der Waals surface area contributed by atoms with E-state index in [0.29, 0.717) is 4.05 Å². The molecular formula is C6H17I2N2-. The Morgan fingerprint density at radius 3 is 2.40 bits per heavy atom. The van der Waals surface area contributed by atoms with E-state index in [1.165, 1.54) is 0 Å². The molecule has 66 valence electrons. The van der Waals surface area contributed by atoms with Crippen molar-refractivity contribution in [3.8, 4) is 0 Å². The Morgan fingerprint density at radius 2 is 2.10 bits per heavy atom. The van der Waals surface area contributed by atoms with Crippen molar-refractivity contribution in [2.24, 2.45) is 9.68 Å². The molecule has 0 aliphatic heterocycles. The van der Waals surface area contributed by atoms with Crippen LogP contribution in [0.4, 0.5) is 0 Å². The minimum atomic E-state index is -1.93. The summed E-state index contributed by atoms with van der Waals surface area (Å²) in [5.41, 5.74) is 5.92. The van der Waals surface area contributed by atoms with Crippen LogP contribution in [0.2, 0.25) is 0 Å². The zero-order valence-electron chi connectivity index (χ0n) is 6.61. The summed E-state index contributed by atoms with van der Waals surface area (Å²) in [5, 5.41) is 0. The molecule has 0 aromatic carbocycles. The number of hydrogen-bond acceptors (Lipinski definition) is 2. The molecule has 0 aromatic rings. The summed E-state index contributed by atoms with van der Waals surface area (Å²) in [6, 6.07) is 0. The van der Waals surface area contributed by atoms with Crippen LogP contribution in [-0.4, -0.2) is 17.8 Å². The van der Waals surface area contributed by atoms with E-state index >= 15 is 0 Å². The maximum absolute atomic E-state index is 6.10. The van der Waals surface area contributed by atoms with E-state index < -0.39 is 18.7 Å². The fourth-order valence-electron chi connectivity index (χ4n) is 0.552. The number of alkyl halides is 4. The van der Waals surface area contributed by atoms with Crippen LogP contribution >= 0.6 is 22.6 Å². The van der Waals surface area contributed by atoms with E-state index in [2.05, 4.69) is 34.4 Å². The second kappa shape index (κ2) is 5.10. The second-order valence-corrected chi connectivity index (χ2v) is 13.1.